The lowest BCUT2D eigenvalue weighted by Gasteiger charge is -2.33. The van der Waals surface area contributed by atoms with Gasteiger partial charge in [-0.05, 0) is 25.0 Å². The summed E-state index contributed by atoms with van der Waals surface area (Å²) < 4.78 is 0. The van der Waals surface area contributed by atoms with Gasteiger partial charge in [0.1, 0.15) is 5.15 Å². The fraction of sp³-hybridized carbons (Fsp3) is 0.444. The molecule has 1 saturated carbocycles. The normalized spacial score (nSPS) is 26.6. The van der Waals surface area contributed by atoms with Crippen molar-refractivity contribution in [3.8, 4) is 0 Å². The summed E-state index contributed by atoms with van der Waals surface area (Å²) in [6.07, 6.45) is 3.83. The van der Waals surface area contributed by atoms with Crippen LogP contribution in [0.3, 0.4) is 0 Å². The molecule has 1 aromatic rings. The molecule has 1 heterocycles. The molecule has 1 aliphatic carbocycles. The Morgan fingerprint density at radius 3 is 2.77 bits per heavy atom. The standard InChI is InChI=1S/C9H12ClN3/c10-9-2-1-7(5-12-9)13-8-3-6(11)4-8/h1-2,5-6,8,13H,3-4,11H2. The van der Waals surface area contributed by atoms with Crippen LogP contribution in [0.1, 0.15) is 12.8 Å². The van der Waals surface area contributed by atoms with E-state index in [0.29, 0.717) is 17.2 Å². The molecule has 0 bridgehead atoms. The van der Waals surface area contributed by atoms with E-state index in [-0.39, 0.29) is 0 Å². The van der Waals surface area contributed by atoms with Crippen LogP contribution in [0.25, 0.3) is 0 Å². The molecular formula is C9H12ClN3. The minimum absolute atomic E-state index is 0.373. The zero-order chi connectivity index (χ0) is 9.26. The Balaban J connectivity index is 1.91. The van der Waals surface area contributed by atoms with Crippen molar-refractivity contribution in [1.82, 2.24) is 4.98 Å². The fourth-order valence-electron chi connectivity index (χ4n) is 1.48. The molecule has 0 aliphatic heterocycles. The van der Waals surface area contributed by atoms with E-state index >= 15 is 0 Å². The van der Waals surface area contributed by atoms with Crippen LogP contribution in [-0.2, 0) is 0 Å². The number of nitrogens with one attached hydrogen (secondary N) is 1. The highest BCUT2D eigenvalue weighted by molar-refractivity contribution is 6.29. The average molecular weight is 198 g/mol. The van der Waals surface area contributed by atoms with E-state index in [1.54, 1.807) is 12.3 Å². The van der Waals surface area contributed by atoms with Gasteiger partial charge in [0.15, 0.2) is 0 Å². The number of anilines is 1. The lowest BCUT2D eigenvalue weighted by Crippen LogP contribution is -2.44. The van der Waals surface area contributed by atoms with E-state index < -0.39 is 0 Å². The lowest BCUT2D eigenvalue weighted by atomic mass is 9.87. The lowest BCUT2D eigenvalue weighted by molar-refractivity contribution is 0.373. The topological polar surface area (TPSA) is 50.9 Å². The second-order valence-electron chi connectivity index (χ2n) is 3.44. The van der Waals surface area contributed by atoms with Gasteiger partial charge in [-0.25, -0.2) is 4.98 Å². The molecule has 0 saturated heterocycles. The molecule has 70 valence electrons. The molecule has 3 nitrogen and oxygen atoms in total. The zero-order valence-electron chi connectivity index (χ0n) is 7.20. The molecule has 0 spiro atoms. The third kappa shape index (κ3) is 2.11. The molecule has 1 aromatic heterocycles. The van der Waals surface area contributed by atoms with Crippen molar-refractivity contribution in [2.45, 2.75) is 24.9 Å². The van der Waals surface area contributed by atoms with Gasteiger partial charge in [-0.3, -0.25) is 0 Å². The van der Waals surface area contributed by atoms with Gasteiger partial charge in [0, 0.05) is 12.1 Å². The summed E-state index contributed by atoms with van der Waals surface area (Å²) in [6.45, 7) is 0. The summed E-state index contributed by atoms with van der Waals surface area (Å²) in [7, 11) is 0. The summed E-state index contributed by atoms with van der Waals surface area (Å²) in [4.78, 5) is 3.98. The SMILES string of the molecule is NC1CC(Nc2ccc(Cl)nc2)C1. The molecular weight excluding hydrogens is 186 g/mol. The number of hydrogen-bond acceptors (Lipinski definition) is 3. The second-order valence-corrected chi connectivity index (χ2v) is 3.83. The molecule has 0 atom stereocenters. The quantitative estimate of drug-likeness (QED) is 0.709. The Hall–Kier alpha value is -0.800. The monoisotopic (exact) mass is 197 g/mol. The summed E-state index contributed by atoms with van der Waals surface area (Å²) in [5, 5.41) is 3.86. The smallest absolute Gasteiger partial charge is 0.129 e. The third-order valence-electron chi connectivity index (χ3n) is 2.27. The Labute approximate surface area is 82.3 Å². The van der Waals surface area contributed by atoms with Gasteiger partial charge in [0.2, 0.25) is 0 Å². The number of pyridine rings is 1. The van der Waals surface area contributed by atoms with E-state index in [2.05, 4.69) is 10.3 Å². The number of halogens is 1. The Morgan fingerprint density at radius 2 is 2.23 bits per heavy atom. The Kier molecular flexibility index (Phi) is 2.38. The molecule has 0 amide bonds. The van der Waals surface area contributed by atoms with Crippen LogP contribution >= 0.6 is 11.6 Å². The largest absolute Gasteiger partial charge is 0.381 e. The van der Waals surface area contributed by atoms with Crippen LogP contribution in [0.4, 0.5) is 5.69 Å². The van der Waals surface area contributed by atoms with Gasteiger partial charge < -0.3 is 11.1 Å². The van der Waals surface area contributed by atoms with Crippen LogP contribution in [-0.4, -0.2) is 17.1 Å². The molecule has 2 rings (SSSR count). The summed E-state index contributed by atoms with van der Waals surface area (Å²) >= 11 is 5.66. The van der Waals surface area contributed by atoms with Crippen molar-refractivity contribution in [3.05, 3.63) is 23.5 Å². The van der Waals surface area contributed by atoms with E-state index in [4.69, 9.17) is 17.3 Å². The first-order valence-corrected chi connectivity index (χ1v) is 4.75. The number of nitrogens with zero attached hydrogens (tertiary/aromatic N) is 1. The van der Waals surface area contributed by atoms with Crippen molar-refractivity contribution in [1.29, 1.82) is 0 Å². The predicted octanol–water partition coefficient (Wildman–Crippen LogP) is 1.64. The highest BCUT2D eigenvalue weighted by Crippen LogP contribution is 2.22. The fourth-order valence-corrected chi connectivity index (χ4v) is 1.59. The molecule has 3 N–H and O–H groups in total. The van der Waals surface area contributed by atoms with E-state index in [9.17, 15) is 0 Å². The Bertz CT molecular complexity index is 279. The number of hydrogen-bond donors (Lipinski definition) is 2. The van der Waals surface area contributed by atoms with E-state index in [0.717, 1.165) is 18.5 Å². The molecule has 0 radical (unpaired) electrons. The number of rotatable bonds is 2. The van der Waals surface area contributed by atoms with Crippen LogP contribution in [0.15, 0.2) is 18.3 Å². The van der Waals surface area contributed by atoms with Gasteiger partial charge in [-0.1, -0.05) is 11.6 Å². The van der Waals surface area contributed by atoms with Crippen molar-refractivity contribution in [3.63, 3.8) is 0 Å². The highest BCUT2D eigenvalue weighted by Gasteiger charge is 2.25. The molecule has 4 heteroatoms. The molecule has 13 heavy (non-hydrogen) atoms. The molecule has 1 aliphatic rings. The van der Waals surface area contributed by atoms with E-state index in [1.807, 2.05) is 6.07 Å². The average Bonchev–Trinajstić information content (AvgIpc) is 2.06. The van der Waals surface area contributed by atoms with Crippen molar-refractivity contribution < 1.29 is 0 Å². The predicted molar refractivity (Wildman–Crippen MR) is 53.9 cm³/mol. The third-order valence-corrected chi connectivity index (χ3v) is 2.50. The van der Waals surface area contributed by atoms with E-state index in [1.165, 1.54) is 0 Å². The van der Waals surface area contributed by atoms with Crippen molar-refractivity contribution in [2.75, 3.05) is 5.32 Å². The van der Waals surface area contributed by atoms with Gasteiger partial charge in [0.05, 0.1) is 11.9 Å². The van der Waals surface area contributed by atoms with Crippen LogP contribution in [0.5, 0.6) is 0 Å². The summed E-state index contributed by atoms with van der Waals surface area (Å²) in [6, 6.07) is 4.59. The van der Waals surface area contributed by atoms with Gasteiger partial charge in [-0.15, -0.1) is 0 Å². The first-order valence-electron chi connectivity index (χ1n) is 4.38. The molecule has 1 fully saturated rings. The van der Waals surface area contributed by atoms with Crippen LogP contribution in [0, 0.1) is 0 Å². The van der Waals surface area contributed by atoms with Crippen molar-refractivity contribution in [2.24, 2.45) is 5.73 Å². The zero-order valence-corrected chi connectivity index (χ0v) is 7.96. The number of nitrogens with two attached hydrogens (primary N) is 1. The second kappa shape index (κ2) is 3.52. The Morgan fingerprint density at radius 1 is 1.46 bits per heavy atom. The van der Waals surface area contributed by atoms with Crippen LogP contribution < -0.4 is 11.1 Å². The first-order chi connectivity index (χ1) is 6.24. The maximum atomic E-state index is 5.67. The summed E-state index contributed by atoms with van der Waals surface area (Å²) in [5.74, 6) is 0. The summed E-state index contributed by atoms with van der Waals surface area (Å²) in [5.41, 5.74) is 6.68. The minimum Gasteiger partial charge on any atom is -0.381 e. The first kappa shape index (κ1) is 8.78. The van der Waals surface area contributed by atoms with Gasteiger partial charge in [0.25, 0.3) is 0 Å². The van der Waals surface area contributed by atoms with Crippen LogP contribution in [0.2, 0.25) is 5.15 Å². The maximum absolute atomic E-state index is 5.67. The molecule has 0 unspecified atom stereocenters. The molecule has 0 aromatic carbocycles. The maximum Gasteiger partial charge on any atom is 0.129 e. The highest BCUT2D eigenvalue weighted by atomic mass is 35.5. The van der Waals surface area contributed by atoms with Gasteiger partial charge >= 0.3 is 0 Å². The number of aromatic nitrogens is 1. The van der Waals surface area contributed by atoms with Crippen molar-refractivity contribution >= 4 is 17.3 Å². The minimum atomic E-state index is 0.373. The van der Waals surface area contributed by atoms with Gasteiger partial charge in [-0.2, -0.15) is 0 Å².